The van der Waals surface area contributed by atoms with Crippen molar-refractivity contribution in [1.29, 1.82) is 0 Å². The molecule has 0 spiro atoms. The lowest BCUT2D eigenvalue weighted by atomic mass is 10.0. The zero-order valence-electron chi connectivity index (χ0n) is 13.1. The van der Waals surface area contributed by atoms with Crippen LogP contribution in [0, 0.1) is 0 Å². The average Bonchev–Trinajstić information content (AvgIpc) is 2.52. The van der Waals surface area contributed by atoms with Crippen LogP contribution in [0.1, 0.15) is 19.4 Å². The minimum Gasteiger partial charge on any atom is -0.497 e. The Morgan fingerprint density at radius 2 is 1.57 bits per heavy atom. The van der Waals surface area contributed by atoms with Crippen LogP contribution in [0.25, 0.3) is 11.1 Å². The summed E-state index contributed by atoms with van der Waals surface area (Å²) in [5.74, 6) is 1.79. The Bertz CT molecular complexity index is 576. The van der Waals surface area contributed by atoms with Crippen LogP contribution in [0.5, 0.6) is 11.5 Å². The smallest absolute Gasteiger partial charge is 0.123 e. The first-order valence-electron chi connectivity index (χ1n) is 7.18. The lowest BCUT2D eigenvalue weighted by Crippen LogP contribution is -2.22. The predicted octanol–water partition coefficient (Wildman–Crippen LogP) is 3.87. The predicted molar refractivity (Wildman–Crippen MR) is 87.0 cm³/mol. The first kappa shape index (κ1) is 15.4. The second-order valence-electron chi connectivity index (χ2n) is 5.29. The van der Waals surface area contributed by atoms with Gasteiger partial charge >= 0.3 is 0 Å². The minimum atomic E-state index is 0.444. The Hall–Kier alpha value is -2.00. The Morgan fingerprint density at radius 3 is 2.14 bits per heavy atom. The standard InChI is InChI=1S/C18H23NO2/c1-13(2)19-12-16-11-15(7-10-18(16)21-4)14-5-8-17(20-3)9-6-14/h5-11,13,19H,12H2,1-4H3. The van der Waals surface area contributed by atoms with Gasteiger partial charge in [-0.3, -0.25) is 0 Å². The summed E-state index contributed by atoms with van der Waals surface area (Å²) in [6.45, 7) is 5.07. The first-order chi connectivity index (χ1) is 10.1. The molecular weight excluding hydrogens is 262 g/mol. The van der Waals surface area contributed by atoms with Gasteiger partial charge in [-0.25, -0.2) is 0 Å². The molecule has 0 radical (unpaired) electrons. The van der Waals surface area contributed by atoms with E-state index in [9.17, 15) is 0 Å². The summed E-state index contributed by atoms with van der Waals surface area (Å²) in [5, 5.41) is 3.43. The van der Waals surface area contributed by atoms with Gasteiger partial charge in [0.1, 0.15) is 11.5 Å². The van der Waals surface area contributed by atoms with Gasteiger partial charge in [-0.2, -0.15) is 0 Å². The van der Waals surface area contributed by atoms with Crippen molar-refractivity contribution in [1.82, 2.24) is 5.32 Å². The Labute approximate surface area is 126 Å². The SMILES string of the molecule is COc1ccc(-c2ccc(OC)c(CNC(C)C)c2)cc1. The van der Waals surface area contributed by atoms with Gasteiger partial charge in [0.2, 0.25) is 0 Å². The van der Waals surface area contributed by atoms with Crippen LogP contribution in [-0.4, -0.2) is 20.3 Å². The summed E-state index contributed by atoms with van der Waals surface area (Å²) >= 11 is 0. The number of hydrogen-bond donors (Lipinski definition) is 1. The molecule has 112 valence electrons. The van der Waals surface area contributed by atoms with E-state index in [1.807, 2.05) is 18.2 Å². The van der Waals surface area contributed by atoms with Crippen molar-refractivity contribution in [2.45, 2.75) is 26.4 Å². The van der Waals surface area contributed by atoms with Gasteiger partial charge in [-0.05, 0) is 35.4 Å². The molecule has 0 bridgehead atoms. The highest BCUT2D eigenvalue weighted by Crippen LogP contribution is 2.28. The van der Waals surface area contributed by atoms with E-state index < -0.39 is 0 Å². The number of rotatable bonds is 6. The molecule has 2 aromatic carbocycles. The fourth-order valence-corrected chi connectivity index (χ4v) is 2.19. The van der Waals surface area contributed by atoms with E-state index in [-0.39, 0.29) is 0 Å². The Balaban J connectivity index is 2.28. The quantitative estimate of drug-likeness (QED) is 0.874. The summed E-state index contributed by atoms with van der Waals surface area (Å²) in [7, 11) is 3.39. The molecule has 1 N–H and O–H groups in total. The average molecular weight is 285 g/mol. The Kier molecular flexibility index (Phi) is 5.23. The lowest BCUT2D eigenvalue weighted by Gasteiger charge is -2.14. The van der Waals surface area contributed by atoms with Crippen molar-refractivity contribution in [3.63, 3.8) is 0 Å². The molecule has 0 heterocycles. The number of hydrogen-bond acceptors (Lipinski definition) is 3. The molecular formula is C18H23NO2. The molecule has 0 unspecified atom stereocenters. The zero-order valence-corrected chi connectivity index (χ0v) is 13.1. The van der Waals surface area contributed by atoms with Gasteiger partial charge in [0.05, 0.1) is 14.2 Å². The molecule has 0 saturated heterocycles. The first-order valence-corrected chi connectivity index (χ1v) is 7.18. The van der Waals surface area contributed by atoms with Gasteiger partial charge in [-0.1, -0.05) is 32.0 Å². The van der Waals surface area contributed by atoms with Crippen molar-refractivity contribution >= 4 is 0 Å². The third kappa shape index (κ3) is 3.99. The molecule has 3 nitrogen and oxygen atoms in total. The van der Waals surface area contributed by atoms with Crippen molar-refractivity contribution in [2.75, 3.05) is 14.2 Å². The van der Waals surface area contributed by atoms with Crippen LogP contribution in [0.3, 0.4) is 0 Å². The van der Waals surface area contributed by atoms with Crippen molar-refractivity contribution < 1.29 is 9.47 Å². The van der Waals surface area contributed by atoms with E-state index in [0.717, 1.165) is 18.0 Å². The number of benzene rings is 2. The van der Waals surface area contributed by atoms with Crippen LogP contribution in [0.15, 0.2) is 42.5 Å². The van der Waals surface area contributed by atoms with E-state index >= 15 is 0 Å². The molecule has 0 saturated carbocycles. The summed E-state index contributed by atoms with van der Waals surface area (Å²) in [4.78, 5) is 0. The highest BCUT2D eigenvalue weighted by molar-refractivity contribution is 5.66. The summed E-state index contributed by atoms with van der Waals surface area (Å²) in [6.07, 6.45) is 0. The topological polar surface area (TPSA) is 30.5 Å². The third-order valence-electron chi connectivity index (χ3n) is 3.40. The summed E-state index contributed by atoms with van der Waals surface area (Å²) in [5.41, 5.74) is 3.52. The second-order valence-corrected chi connectivity index (χ2v) is 5.29. The third-order valence-corrected chi connectivity index (χ3v) is 3.40. The van der Waals surface area contributed by atoms with Gasteiger partial charge in [0.25, 0.3) is 0 Å². The van der Waals surface area contributed by atoms with Crippen LogP contribution >= 0.6 is 0 Å². The van der Waals surface area contributed by atoms with E-state index in [0.29, 0.717) is 6.04 Å². The van der Waals surface area contributed by atoms with Crippen molar-refractivity contribution in [2.24, 2.45) is 0 Å². The summed E-state index contributed by atoms with van der Waals surface area (Å²) < 4.78 is 10.6. The second kappa shape index (κ2) is 7.14. The van der Waals surface area contributed by atoms with E-state index in [4.69, 9.17) is 9.47 Å². The molecule has 0 amide bonds. The van der Waals surface area contributed by atoms with Crippen LogP contribution < -0.4 is 14.8 Å². The van der Waals surface area contributed by atoms with Gasteiger partial charge in [-0.15, -0.1) is 0 Å². The maximum Gasteiger partial charge on any atom is 0.123 e. The molecule has 0 aliphatic carbocycles. The van der Waals surface area contributed by atoms with Crippen LogP contribution in [0.4, 0.5) is 0 Å². The molecule has 21 heavy (non-hydrogen) atoms. The maximum atomic E-state index is 5.45. The van der Waals surface area contributed by atoms with E-state index in [1.54, 1.807) is 14.2 Å². The van der Waals surface area contributed by atoms with E-state index in [1.165, 1.54) is 16.7 Å². The number of nitrogens with one attached hydrogen (secondary N) is 1. The molecule has 2 aromatic rings. The van der Waals surface area contributed by atoms with Crippen LogP contribution in [0.2, 0.25) is 0 Å². The highest BCUT2D eigenvalue weighted by atomic mass is 16.5. The lowest BCUT2D eigenvalue weighted by molar-refractivity contribution is 0.406. The van der Waals surface area contributed by atoms with Gasteiger partial charge < -0.3 is 14.8 Å². The number of ether oxygens (including phenoxy) is 2. The van der Waals surface area contributed by atoms with Gasteiger partial charge in [0.15, 0.2) is 0 Å². The number of methoxy groups -OCH3 is 2. The van der Waals surface area contributed by atoms with Crippen molar-refractivity contribution in [3.8, 4) is 22.6 Å². The largest absolute Gasteiger partial charge is 0.497 e. The van der Waals surface area contributed by atoms with Gasteiger partial charge in [0, 0.05) is 18.2 Å². The molecule has 0 fully saturated rings. The molecule has 0 aromatic heterocycles. The molecule has 0 aliphatic rings. The fraction of sp³-hybridized carbons (Fsp3) is 0.333. The Morgan fingerprint density at radius 1 is 0.905 bits per heavy atom. The minimum absolute atomic E-state index is 0.444. The normalized spacial score (nSPS) is 10.7. The van der Waals surface area contributed by atoms with Crippen molar-refractivity contribution in [3.05, 3.63) is 48.0 Å². The highest BCUT2D eigenvalue weighted by Gasteiger charge is 2.07. The monoisotopic (exact) mass is 285 g/mol. The molecule has 2 rings (SSSR count). The van der Waals surface area contributed by atoms with Crippen LogP contribution in [-0.2, 0) is 6.54 Å². The zero-order chi connectivity index (χ0) is 15.2. The molecule has 3 heteroatoms. The summed E-state index contributed by atoms with van der Waals surface area (Å²) in [6, 6.07) is 14.8. The fourth-order valence-electron chi connectivity index (χ4n) is 2.19. The van der Waals surface area contributed by atoms with E-state index in [2.05, 4.69) is 43.4 Å². The molecule has 0 aliphatic heterocycles. The molecule has 0 atom stereocenters. The maximum absolute atomic E-state index is 5.45.